The zero-order valence-corrected chi connectivity index (χ0v) is 17.5. The fourth-order valence-electron chi connectivity index (χ4n) is 3.32. The molecule has 3 heterocycles. The van der Waals surface area contributed by atoms with Gasteiger partial charge in [0.05, 0.1) is 4.88 Å². The van der Waals surface area contributed by atoms with Gasteiger partial charge in [-0.2, -0.15) is 0 Å². The minimum absolute atomic E-state index is 0.580. The lowest BCUT2D eigenvalue weighted by Gasteiger charge is -2.34. The van der Waals surface area contributed by atoms with Crippen LogP contribution >= 0.6 is 11.3 Å². The van der Waals surface area contributed by atoms with Crippen LogP contribution < -0.4 is 21.3 Å². The normalized spacial score (nSPS) is 14.5. The number of benzene rings is 1. The fraction of sp³-hybridized carbons (Fsp3) is 0.300. The van der Waals surface area contributed by atoms with Gasteiger partial charge in [0.1, 0.15) is 18.0 Å². The van der Waals surface area contributed by atoms with Crippen LogP contribution in [0.15, 0.2) is 42.9 Å². The Kier molecular flexibility index (Phi) is 6.05. The van der Waals surface area contributed by atoms with E-state index in [1.165, 1.54) is 11.3 Å². The fourth-order valence-corrected chi connectivity index (χ4v) is 4.15. The number of aromatic nitrogens is 3. The van der Waals surface area contributed by atoms with Crippen molar-refractivity contribution >= 4 is 39.8 Å². The third kappa shape index (κ3) is 4.84. The van der Waals surface area contributed by atoms with E-state index >= 15 is 0 Å². The van der Waals surface area contributed by atoms with Crippen LogP contribution in [0, 0.1) is 0 Å². The van der Waals surface area contributed by atoms with Gasteiger partial charge in [0.2, 0.25) is 0 Å². The maximum Gasteiger partial charge on any atom is 0.316 e. The molecule has 156 valence electrons. The molecule has 0 unspecified atom stereocenters. The highest BCUT2D eigenvalue weighted by Gasteiger charge is 2.17. The summed E-state index contributed by atoms with van der Waals surface area (Å²) in [7, 11) is 0. The molecule has 1 saturated heterocycles. The molecule has 9 nitrogen and oxygen atoms in total. The van der Waals surface area contributed by atoms with E-state index in [1.54, 1.807) is 6.33 Å². The van der Waals surface area contributed by atoms with E-state index in [2.05, 4.69) is 42.3 Å². The first-order valence-electron chi connectivity index (χ1n) is 9.80. The molecule has 30 heavy (non-hydrogen) atoms. The lowest BCUT2D eigenvalue weighted by Crippen LogP contribution is -2.46. The molecule has 1 fully saturated rings. The summed E-state index contributed by atoms with van der Waals surface area (Å²) < 4.78 is 0. The van der Waals surface area contributed by atoms with Crippen molar-refractivity contribution in [1.29, 1.82) is 0 Å². The van der Waals surface area contributed by atoms with Crippen molar-refractivity contribution in [3.8, 4) is 10.4 Å². The largest absolute Gasteiger partial charge is 0.354 e. The summed E-state index contributed by atoms with van der Waals surface area (Å²) in [5.74, 6) is 1.65. The molecule has 4 N–H and O–H groups in total. The third-order valence-corrected chi connectivity index (χ3v) is 5.94. The van der Waals surface area contributed by atoms with E-state index in [9.17, 15) is 4.79 Å². The second kappa shape index (κ2) is 9.06. The van der Waals surface area contributed by atoms with Crippen molar-refractivity contribution in [3.05, 3.63) is 42.9 Å². The van der Waals surface area contributed by atoms with Gasteiger partial charge in [0, 0.05) is 44.1 Å². The maximum atomic E-state index is 10.9. The topological polar surface area (TPSA) is 112 Å². The zero-order chi connectivity index (χ0) is 20.9. The summed E-state index contributed by atoms with van der Waals surface area (Å²) in [4.78, 5) is 29.9. The summed E-state index contributed by atoms with van der Waals surface area (Å²) in [6, 6.07) is 8.84. The molecule has 0 aliphatic carbocycles. The molecule has 0 bridgehead atoms. The number of amides is 2. The van der Waals surface area contributed by atoms with Crippen molar-refractivity contribution in [2.45, 2.75) is 6.92 Å². The summed E-state index contributed by atoms with van der Waals surface area (Å²) in [5.41, 5.74) is 6.80. The lowest BCUT2D eigenvalue weighted by molar-refractivity contribution is 0.259. The van der Waals surface area contributed by atoms with Crippen molar-refractivity contribution in [2.24, 2.45) is 5.73 Å². The van der Waals surface area contributed by atoms with Gasteiger partial charge in [0.15, 0.2) is 5.13 Å². The first kappa shape index (κ1) is 20.0. The van der Waals surface area contributed by atoms with E-state index in [0.29, 0.717) is 5.69 Å². The number of carbonyl (C=O) groups excluding carboxylic acids is 1. The number of nitrogens with two attached hydrogens (primary N) is 1. The highest BCUT2D eigenvalue weighted by Crippen LogP contribution is 2.31. The second-order valence-corrected chi connectivity index (χ2v) is 7.93. The average Bonchev–Trinajstić information content (AvgIpc) is 3.22. The molecular weight excluding hydrogens is 400 g/mol. The average molecular weight is 425 g/mol. The SMILES string of the molecule is CCN1CCN(c2cc(Nc3ncc(-c4ccc(NC(N)=O)cc4)s3)ncn2)CC1. The number of likely N-dealkylation sites (N-methyl/N-ethyl adjacent to an activating group) is 1. The first-order valence-corrected chi connectivity index (χ1v) is 10.6. The highest BCUT2D eigenvalue weighted by atomic mass is 32.1. The van der Waals surface area contributed by atoms with Gasteiger partial charge >= 0.3 is 6.03 Å². The van der Waals surface area contributed by atoms with Crippen LogP contribution in [0.2, 0.25) is 0 Å². The van der Waals surface area contributed by atoms with Gasteiger partial charge in [-0.3, -0.25) is 0 Å². The number of piperazine rings is 1. The minimum atomic E-state index is -0.580. The predicted octanol–water partition coefficient (Wildman–Crippen LogP) is 2.98. The molecule has 0 spiro atoms. The number of thiazole rings is 1. The van der Waals surface area contributed by atoms with Crippen molar-refractivity contribution in [1.82, 2.24) is 19.9 Å². The number of hydrogen-bond acceptors (Lipinski definition) is 8. The predicted molar refractivity (Wildman–Crippen MR) is 120 cm³/mol. The van der Waals surface area contributed by atoms with E-state index in [0.717, 1.165) is 59.9 Å². The number of carbonyl (C=O) groups is 1. The highest BCUT2D eigenvalue weighted by molar-refractivity contribution is 7.18. The van der Waals surface area contributed by atoms with Crippen LogP contribution in [0.1, 0.15) is 6.92 Å². The summed E-state index contributed by atoms with van der Waals surface area (Å²) in [5, 5.41) is 6.58. The summed E-state index contributed by atoms with van der Waals surface area (Å²) >= 11 is 1.53. The Labute approximate surface area is 179 Å². The van der Waals surface area contributed by atoms with Gasteiger partial charge < -0.3 is 26.2 Å². The van der Waals surface area contributed by atoms with Crippen molar-refractivity contribution in [2.75, 3.05) is 48.3 Å². The van der Waals surface area contributed by atoms with Crippen LogP contribution in [0.4, 0.5) is 27.2 Å². The molecule has 2 aromatic heterocycles. The Morgan fingerprint density at radius 3 is 2.60 bits per heavy atom. The first-order chi connectivity index (χ1) is 14.6. The molecule has 3 aromatic rings. The van der Waals surface area contributed by atoms with Crippen LogP contribution in [0.3, 0.4) is 0 Å². The number of nitrogens with one attached hydrogen (secondary N) is 2. The van der Waals surface area contributed by atoms with Crippen LogP contribution in [-0.2, 0) is 0 Å². The monoisotopic (exact) mass is 424 g/mol. The van der Waals surface area contributed by atoms with E-state index < -0.39 is 6.03 Å². The van der Waals surface area contributed by atoms with Crippen molar-refractivity contribution < 1.29 is 4.79 Å². The maximum absolute atomic E-state index is 10.9. The Morgan fingerprint density at radius 2 is 1.90 bits per heavy atom. The minimum Gasteiger partial charge on any atom is -0.354 e. The molecule has 0 atom stereocenters. The molecule has 1 aliphatic heterocycles. The third-order valence-electron chi connectivity index (χ3n) is 4.97. The molecule has 2 amide bonds. The second-order valence-electron chi connectivity index (χ2n) is 6.90. The van der Waals surface area contributed by atoms with Crippen LogP contribution in [-0.4, -0.2) is 58.6 Å². The molecule has 10 heteroatoms. The quantitative estimate of drug-likeness (QED) is 0.558. The number of urea groups is 1. The van der Waals surface area contributed by atoms with Gasteiger partial charge in [-0.05, 0) is 24.2 Å². The molecule has 1 aromatic carbocycles. The van der Waals surface area contributed by atoms with Gasteiger partial charge in [-0.15, -0.1) is 0 Å². The molecule has 0 saturated carbocycles. The lowest BCUT2D eigenvalue weighted by atomic mass is 10.2. The molecular formula is C20H24N8OS. The Bertz CT molecular complexity index is 998. The summed E-state index contributed by atoms with van der Waals surface area (Å²) in [6.07, 6.45) is 3.40. The molecule has 4 rings (SSSR count). The molecule has 0 radical (unpaired) electrons. The number of hydrogen-bond donors (Lipinski definition) is 3. The Balaban J connectivity index is 1.42. The van der Waals surface area contributed by atoms with Gasteiger partial charge in [-0.1, -0.05) is 30.4 Å². The molecule has 1 aliphatic rings. The van der Waals surface area contributed by atoms with E-state index in [-0.39, 0.29) is 0 Å². The van der Waals surface area contributed by atoms with E-state index in [1.807, 2.05) is 36.5 Å². The van der Waals surface area contributed by atoms with Gasteiger partial charge in [0.25, 0.3) is 0 Å². The summed E-state index contributed by atoms with van der Waals surface area (Å²) in [6.45, 7) is 7.30. The Hall–Kier alpha value is -3.24. The Morgan fingerprint density at radius 1 is 1.13 bits per heavy atom. The van der Waals surface area contributed by atoms with Crippen LogP contribution in [0.5, 0.6) is 0 Å². The zero-order valence-electron chi connectivity index (χ0n) is 16.7. The standard InChI is InChI=1S/C20H24N8OS/c1-2-27-7-9-28(10-8-27)18-11-17(23-13-24-18)26-20-22-12-16(30-20)14-3-5-15(6-4-14)25-19(21)29/h3-6,11-13H,2,7-10H2,1H3,(H3,21,25,29)(H,22,23,24,26). The van der Waals surface area contributed by atoms with Crippen molar-refractivity contribution in [3.63, 3.8) is 0 Å². The number of nitrogens with zero attached hydrogens (tertiary/aromatic N) is 5. The number of primary amides is 1. The number of rotatable bonds is 6. The smallest absolute Gasteiger partial charge is 0.316 e. The van der Waals surface area contributed by atoms with E-state index in [4.69, 9.17) is 5.73 Å². The number of anilines is 4. The van der Waals surface area contributed by atoms with Crippen LogP contribution in [0.25, 0.3) is 10.4 Å². The van der Waals surface area contributed by atoms with Gasteiger partial charge in [-0.25, -0.2) is 19.7 Å².